The zero-order valence-corrected chi connectivity index (χ0v) is 16.8. The first kappa shape index (κ1) is 21.0. The third-order valence-corrected chi connectivity index (χ3v) is 5.83. The van der Waals surface area contributed by atoms with E-state index in [1.54, 1.807) is 12.1 Å². The Bertz CT molecular complexity index is 1120. The van der Waals surface area contributed by atoms with Crippen LogP contribution in [-0.2, 0) is 16.4 Å². The summed E-state index contributed by atoms with van der Waals surface area (Å²) in [5, 5.41) is 2.79. The van der Waals surface area contributed by atoms with E-state index < -0.39 is 21.7 Å². The third-order valence-electron chi connectivity index (χ3n) is 4.13. The van der Waals surface area contributed by atoms with Crippen LogP contribution in [-0.4, -0.2) is 20.9 Å². The van der Waals surface area contributed by atoms with Gasteiger partial charge in [0.2, 0.25) is 10.0 Å². The maximum Gasteiger partial charge on any atom is 0.255 e. The van der Waals surface area contributed by atoms with E-state index >= 15 is 0 Å². The monoisotopic (exact) mass is 432 g/mol. The average molecular weight is 433 g/mol. The van der Waals surface area contributed by atoms with E-state index in [0.29, 0.717) is 11.4 Å². The highest BCUT2D eigenvalue weighted by molar-refractivity contribution is 7.89. The lowest BCUT2D eigenvalue weighted by Gasteiger charge is -2.10. The highest BCUT2D eigenvalue weighted by Gasteiger charge is 2.17. The largest absolute Gasteiger partial charge is 0.319 e. The van der Waals surface area contributed by atoms with E-state index in [2.05, 4.69) is 10.0 Å². The number of halogens is 2. The number of nitrogens with one attached hydrogen (secondary N) is 2. The number of carbonyl (C=O) groups is 1. The molecule has 3 aromatic rings. The second-order valence-corrected chi connectivity index (χ2v) is 8.44. The summed E-state index contributed by atoms with van der Waals surface area (Å²) >= 11 is 5.85. The summed E-state index contributed by atoms with van der Waals surface area (Å²) in [5.41, 5.74) is 1.12. The van der Waals surface area contributed by atoms with Crippen molar-refractivity contribution >= 4 is 33.2 Å². The molecule has 150 valence electrons. The fourth-order valence-corrected chi connectivity index (χ4v) is 3.88. The quantitative estimate of drug-likeness (QED) is 0.586. The topological polar surface area (TPSA) is 75.3 Å². The SMILES string of the molecule is O=C(Nc1ccc(S(=O)(=O)NCCc2ccccc2)cc1F)c1cccc(Cl)c1. The van der Waals surface area contributed by atoms with Gasteiger partial charge in [0.05, 0.1) is 10.6 Å². The van der Waals surface area contributed by atoms with Crippen LogP contribution in [0.2, 0.25) is 5.02 Å². The van der Waals surface area contributed by atoms with Crippen LogP contribution in [0.4, 0.5) is 10.1 Å². The highest BCUT2D eigenvalue weighted by atomic mass is 35.5. The number of sulfonamides is 1. The molecule has 0 spiro atoms. The van der Waals surface area contributed by atoms with Gasteiger partial charge in [0.25, 0.3) is 5.91 Å². The van der Waals surface area contributed by atoms with Gasteiger partial charge >= 0.3 is 0 Å². The molecule has 0 atom stereocenters. The van der Waals surface area contributed by atoms with E-state index in [4.69, 9.17) is 11.6 Å². The van der Waals surface area contributed by atoms with Gasteiger partial charge in [0, 0.05) is 17.1 Å². The lowest BCUT2D eigenvalue weighted by molar-refractivity contribution is 0.102. The molecule has 8 heteroatoms. The number of amides is 1. The van der Waals surface area contributed by atoms with E-state index in [1.165, 1.54) is 24.3 Å². The Kier molecular flexibility index (Phi) is 6.64. The number of benzene rings is 3. The molecular weight excluding hydrogens is 415 g/mol. The molecule has 0 saturated heterocycles. The van der Waals surface area contributed by atoms with Gasteiger partial charge in [-0.15, -0.1) is 0 Å². The lowest BCUT2D eigenvalue weighted by Crippen LogP contribution is -2.26. The molecule has 0 bridgehead atoms. The summed E-state index contributed by atoms with van der Waals surface area (Å²) in [6.07, 6.45) is 0.510. The standard InChI is InChI=1S/C21H18ClFN2O3S/c22-17-8-4-7-16(13-17)21(26)25-20-10-9-18(14-19(20)23)29(27,28)24-12-11-15-5-2-1-3-6-15/h1-10,13-14,24H,11-12H2,(H,25,26). The van der Waals surface area contributed by atoms with Crippen molar-refractivity contribution in [3.8, 4) is 0 Å². The number of carbonyl (C=O) groups excluding carboxylic acids is 1. The van der Waals surface area contributed by atoms with Gasteiger partial charge in [0.15, 0.2) is 0 Å². The second kappa shape index (κ2) is 9.17. The summed E-state index contributed by atoms with van der Waals surface area (Å²) in [7, 11) is -3.88. The van der Waals surface area contributed by atoms with E-state index in [9.17, 15) is 17.6 Å². The summed E-state index contributed by atoms with van der Waals surface area (Å²) in [4.78, 5) is 12.0. The predicted octanol–water partition coefficient (Wildman–Crippen LogP) is 4.25. The Balaban J connectivity index is 1.67. The smallest absolute Gasteiger partial charge is 0.255 e. The van der Waals surface area contributed by atoms with Crippen LogP contribution in [0.15, 0.2) is 77.7 Å². The number of hydrogen-bond donors (Lipinski definition) is 2. The van der Waals surface area contributed by atoms with Crippen LogP contribution in [0.3, 0.4) is 0 Å². The zero-order valence-electron chi connectivity index (χ0n) is 15.2. The van der Waals surface area contributed by atoms with Crippen molar-refractivity contribution in [1.29, 1.82) is 0 Å². The first-order chi connectivity index (χ1) is 13.8. The Morgan fingerprint density at radius 2 is 1.72 bits per heavy atom. The van der Waals surface area contributed by atoms with Gasteiger partial charge in [-0.3, -0.25) is 4.79 Å². The van der Waals surface area contributed by atoms with Gasteiger partial charge in [-0.25, -0.2) is 17.5 Å². The molecule has 0 aliphatic rings. The molecule has 0 aromatic heterocycles. The first-order valence-electron chi connectivity index (χ1n) is 8.75. The van der Waals surface area contributed by atoms with Gasteiger partial charge in [-0.05, 0) is 48.4 Å². The van der Waals surface area contributed by atoms with Crippen molar-refractivity contribution in [3.63, 3.8) is 0 Å². The Hall–Kier alpha value is -2.74. The molecule has 0 saturated carbocycles. The number of hydrogen-bond acceptors (Lipinski definition) is 3. The Morgan fingerprint density at radius 1 is 0.966 bits per heavy atom. The zero-order chi connectivity index (χ0) is 20.9. The minimum absolute atomic E-state index is 0.127. The molecule has 2 N–H and O–H groups in total. The Labute approximate surface area is 173 Å². The molecule has 0 aliphatic heterocycles. The fourth-order valence-electron chi connectivity index (χ4n) is 2.65. The third kappa shape index (κ3) is 5.63. The summed E-state index contributed by atoms with van der Waals surface area (Å²) in [6, 6.07) is 18.9. The predicted molar refractivity (Wildman–Crippen MR) is 111 cm³/mol. The summed E-state index contributed by atoms with van der Waals surface area (Å²) in [6.45, 7) is 0.182. The molecule has 0 unspecified atom stereocenters. The summed E-state index contributed by atoms with van der Waals surface area (Å²) in [5.74, 6) is -1.41. The van der Waals surface area contributed by atoms with Crippen LogP contribution in [0.25, 0.3) is 0 Å². The van der Waals surface area contributed by atoms with Gasteiger partial charge < -0.3 is 5.32 Å². The molecule has 0 heterocycles. The van der Waals surface area contributed by atoms with Crippen molar-refractivity contribution in [2.75, 3.05) is 11.9 Å². The van der Waals surface area contributed by atoms with E-state index in [1.807, 2.05) is 30.3 Å². The van der Waals surface area contributed by atoms with Crippen molar-refractivity contribution in [2.24, 2.45) is 0 Å². The molecular formula is C21H18ClFN2O3S. The van der Waals surface area contributed by atoms with Crippen molar-refractivity contribution in [1.82, 2.24) is 4.72 Å². The second-order valence-electron chi connectivity index (χ2n) is 6.24. The fraction of sp³-hybridized carbons (Fsp3) is 0.0952. The molecule has 0 radical (unpaired) electrons. The molecule has 5 nitrogen and oxygen atoms in total. The van der Waals surface area contributed by atoms with Gasteiger partial charge in [0.1, 0.15) is 5.82 Å². The van der Waals surface area contributed by atoms with E-state index in [-0.39, 0.29) is 22.7 Å². The van der Waals surface area contributed by atoms with Crippen LogP contribution in [0, 0.1) is 5.82 Å². The Morgan fingerprint density at radius 3 is 2.41 bits per heavy atom. The van der Waals surface area contributed by atoms with Gasteiger partial charge in [-0.2, -0.15) is 0 Å². The van der Waals surface area contributed by atoms with Crippen molar-refractivity contribution in [2.45, 2.75) is 11.3 Å². The highest BCUT2D eigenvalue weighted by Crippen LogP contribution is 2.20. The maximum atomic E-state index is 14.4. The van der Waals surface area contributed by atoms with Crippen LogP contribution < -0.4 is 10.0 Å². The van der Waals surface area contributed by atoms with Crippen LogP contribution in [0.5, 0.6) is 0 Å². The normalized spacial score (nSPS) is 11.2. The van der Waals surface area contributed by atoms with Crippen LogP contribution >= 0.6 is 11.6 Å². The molecule has 29 heavy (non-hydrogen) atoms. The molecule has 0 aliphatic carbocycles. The molecule has 0 fully saturated rings. The summed E-state index contributed by atoms with van der Waals surface area (Å²) < 4.78 is 41.6. The minimum atomic E-state index is -3.88. The molecule has 3 rings (SSSR count). The maximum absolute atomic E-state index is 14.4. The first-order valence-corrected chi connectivity index (χ1v) is 10.6. The number of rotatable bonds is 7. The van der Waals surface area contributed by atoms with Crippen LogP contribution in [0.1, 0.15) is 15.9 Å². The van der Waals surface area contributed by atoms with Crippen molar-refractivity contribution in [3.05, 3.63) is 94.8 Å². The lowest BCUT2D eigenvalue weighted by atomic mass is 10.2. The number of anilines is 1. The average Bonchev–Trinajstić information content (AvgIpc) is 2.70. The molecule has 3 aromatic carbocycles. The van der Waals surface area contributed by atoms with Crippen molar-refractivity contribution < 1.29 is 17.6 Å². The minimum Gasteiger partial charge on any atom is -0.319 e. The van der Waals surface area contributed by atoms with E-state index in [0.717, 1.165) is 11.6 Å². The molecule has 1 amide bonds. The van der Waals surface area contributed by atoms with Gasteiger partial charge in [-0.1, -0.05) is 48.0 Å².